The number of piperazine rings is 1. The average Bonchev–Trinajstić information content (AvgIpc) is 3.60. The van der Waals surface area contributed by atoms with E-state index in [-0.39, 0.29) is 5.91 Å². The predicted octanol–water partition coefficient (Wildman–Crippen LogP) is 4.53. The number of nitrogens with zero attached hydrogens (tertiary/aromatic N) is 3. The number of carbonyl (C=O) groups excluding carboxylic acids is 1. The molecule has 1 saturated heterocycles. The minimum absolute atomic E-state index is 0.0879. The lowest BCUT2D eigenvalue weighted by molar-refractivity contribution is 0.0593. The quantitative estimate of drug-likeness (QED) is 0.413. The maximum absolute atomic E-state index is 13.0. The molecule has 3 aromatic heterocycles. The van der Waals surface area contributed by atoms with Gasteiger partial charge in [0.2, 0.25) is 0 Å². The molecule has 4 heterocycles. The van der Waals surface area contributed by atoms with Gasteiger partial charge in [0.25, 0.3) is 5.91 Å². The second-order valence-electron chi connectivity index (χ2n) is 7.57. The largest absolute Gasteiger partial charge is 0.489 e. The van der Waals surface area contributed by atoms with Crippen LogP contribution in [0, 0.1) is 0 Å². The summed E-state index contributed by atoms with van der Waals surface area (Å²) in [5.74, 6) is 1.83. The first-order valence-electron chi connectivity index (χ1n) is 10.5. The van der Waals surface area contributed by atoms with E-state index in [9.17, 15) is 4.79 Å². The number of furan rings is 2. The van der Waals surface area contributed by atoms with E-state index in [1.54, 1.807) is 29.9 Å². The molecule has 0 aliphatic carbocycles. The second kappa shape index (κ2) is 9.42. The summed E-state index contributed by atoms with van der Waals surface area (Å²) >= 11 is 1.58. The van der Waals surface area contributed by atoms with Crippen molar-refractivity contribution in [2.45, 2.75) is 13.2 Å². The van der Waals surface area contributed by atoms with Crippen LogP contribution in [0.15, 0.2) is 75.3 Å². The van der Waals surface area contributed by atoms with E-state index in [0.29, 0.717) is 25.5 Å². The van der Waals surface area contributed by atoms with E-state index < -0.39 is 0 Å². The lowest BCUT2D eigenvalue weighted by atomic mass is 10.2. The highest BCUT2D eigenvalue weighted by Gasteiger charge is 2.26. The number of hydrogen-bond acceptors (Lipinski definition) is 7. The minimum atomic E-state index is -0.0879. The van der Waals surface area contributed by atoms with Gasteiger partial charge in [0.15, 0.2) is 16.5 Å². The first kappa shape index (κ1) is 20.5. The summed E-state index contributed by atoms with van der Waals surface area (Å²) < 4.78 is 16.7. The highest BCUT2D eigenvalue weighted by atomic mass is 32.1. The van der Waals surface area contributed by atoms with Crippen LogP contribution in [0.2, 0.25) is 0 Å². The summed E-state index contributed by atoms with van der Waals surface area (Å²) in [6, 6.07) is 15.1. The van der Waals surface area contributed by atoms with Crippen molar-refractivity contribution < 1.29 is 18.4 Å². The minimum Gasteiger partial charge on any atom is -0.489 e. The lowest BCUT2D eigenvalue weighted by Gasteiger charge is -2.34. The average molecular weight is 450 g/mol. The fourth-order valence-electron chi connectivity index (χ4n) is 3.69. The Morgan fingerprint density at radius 1 is 1.00 bits per heavy atom. The van der Waals surface area contributed by atoms with Gasteiger partial charge >= 0.3 is 0 Å². The highest BCUT2D eigenvalue weighted by molar-refractivity contribution is 7.13. The van der Waals surface area contributed by atoms with Crippen LogP contribution in [-0.4, -0.2) is 46.9 Å². The van der Waals surface area contributed by atoms with Crippen LogP contribution < -0.4 is 4.74 Å². The molecule has 1 aromatic carbocycles. The first-order chi connectivity index (χ1) is 15.8. The number of amides is 1. The predicted molar refractivity (Wildman–Crippen MR) is 120 cm³/mol. The smallest absolute Gasteiger partial charge is 0.290 e. The second-order valence-corrected chi connectivity index (χ2v) is 8.42. The molecule has 1 amide bonds. The molecular formula is C24H23N3O4S. The van der Waals surface area contributed by atoms with Crippen molar-refractivity contribution in [1.82, 2.24) is 14.8 Å². The van der Waals surface area contributed by atoms with E-state index in [2.05, 4.69) is 15.3 Å². The summed E-state index contributed by atoms with van der Waals surface area (Å²) in [6.07, 6.45) is 3.21. The fourth-order valence-corrected chi connectivity index (χ4v) is 4.47. The van der Waals surface area contributed by atoms with Crippen molar-refractivity contribution in [2.75, 3.05) is 26.2 Å². The van der Waals surface area contributed by atoms with Gasteiger partial charge in [0.05, 0.1) is 18.2 Å². The lowest BCUT2D eigenvalue weighted by Crippen LogP contribution is -2.48. The normalized spacial score (nSPS) is 14.6. The SMILES string of the molecule is O=C(c1occc1COc1ccccc1)N1CCN(Cc2csc(-c3ccco3)n2)CC1. The number of para-hydroxylation sites is 1. The number of benzene rings is 1. The standard InChI is InChI=1S/C24H23N3O4S/c28-24(22-18(8-14-30-22)16-31-20-5-2-1-3-6-20)27-11-9-26(10-12-27)15-19-17-32-23(25-19)21-7-4-13-29-21/h1-8,13-14,17H,9-12,15-16H2. The number of aromatic nitrogens is 1. The van der Waals surface area contributed by atoms with Gasteiger partial charge in [-0.15, -0.1) is 11.3 Å². The summed E-state index contributed by atoms with van der Waals surface area (Å²) in [7, 11) is 0. The molecule has 1 aliphatic rings. The van der Waals surface area contributed by atoms with Gasteiger partial charge in [-0.05, 0) is 30.3 Å². The topological polar surface area (TPSA) is 72.0 Å². The Balaban J connectivity index is 1.15. The number of carbonyl (C=O) groups is 1. The van der Waals surface area contributed by atoms with Crippen LogP contribution in [0.3, 0.4) is 0 Å². The molecule has 5 rings (SSSR count). The molecule has 4 aromatic rings. The van der Waals surface area contributed by atoms with E-state index >= 15 is 0 Å². The van der Waals surface area contributed by atoms with Gasteiger partial charge in [-0.3, -0.25) is 9.69 Å². The Morgan fingerprint density at radius 3 is 2.62 bits per heavy atom. The number of thiazole rings is 1. The Bertz CT molecular complexity index is 1150. The van der Waals surface area contributed by atoms with Crippen LogP contribution in [0.1, 0.15) is 21.8 Å². The molecular weight excluding hydrogens is 426 g/mol. The van der Waals surface area contributed by atoms with Gasteiger partial charge in [-0.1, -0.05) is 18.2 Å². The van der Waals surface area contributed by atoms with Gasteiger partial charge in [0, 0.05) is 43.7 Å². The van der Waals surface area contributed by atoms with Gasteiger partial charge in [-0.25, -0.2) is 4.98 Å². The van der Waals surface area contributed by atoms with Gasteiger partial charge < -0.3 is 18.5 Å². The first-order valence-corrected chi connectivity index (χ1v) is 11.4. The highest BCUT2D eigenvalue weighted by Crippen LogP contribution is 2.25. The van der Waals surface area contributed by atoms with Crippen molar-refractivity contribution in [3.8, 4) is 16.5 Å². The molecule has 0 radical (unpaired) electrons. The molecule has 0 atom stereocenters. The van der Waals surface area contributed by atoms with Crippen molar-refractivity contribution >= 4 is 17.2 Å². The summed E-state index contributed by atoms with van der Waals surface area (Å²) in [6.45, 7) is 3.92. The van der Waals surface area contributed by atoms with Gasteiger partial charge in [-0.2, -0.15) is 0 Å². The zero-order chi connectivity index (χ0) is 21.8. The third-order valence-electron chi connectivity index (χ3n) is 5.41. The van der Waals surface area contributed by atoms with Crippen molar-refractivity contribution in [1.29, 1.82) is 0 Å². The van der Waals surface area contributed by atoms with E-state index in [1.165, 1.54) is 0 Å². The van der Waals surface area contributed by atoms with Crippen molar-refractivity contribution in [3.63, 3.8) is 0 Å². The monoisotopic (exact) mass is 449 g/mol. The molecule has 32 heavy (non-hydrogen) atoms. The molecule has 164 valence electrons. The Hall–Kier alpha value is -3.36. The third-order valence-corrected chi connectivity index (χ3v) is 6.31. The molecule has 1 fully saturated rings. The molecule has 7 nitrogen and oxygen atoms in total. The molecule has 0 N–H and O–H groups in total. The summed E-state index contributed by atoms with van der Waals surface area (Å²) in [4.78, 5) is 21.9. The number of hydrogen-bond donors (Lipinski definition) is 0. The van der Waals surface area contributed by atoms with Gasteiger partial charge in [0.1, 0.15) is 12.4 Å². The van der Waals surface area contributed by atoms with Crippen molar-refractivity contribution in [2.24, 2.45) is 0 Å². The number of rotatable bonds is 7. The Labute approximate surface area is 189 Å². The van der Waals surface area contributed by atoms with Crippen LogP contribution in [0.4, 0.5) is 0 Å². The van der Waals surface area contributed by atoms with E-state index in [1.807, 2.05) is 47.4 Å². The summed E-state index contributed by atoms with van der Waals surface area (Å²) in [5, 5.41) is 2.96. The van der Waals surface area contributed by atoms with Crippen molar-refractivity contribution in [3.05, 3.63) is 83.5 Å². The van der Waals surface area contributed by atoms with Crippen LogP contribution >= 0.6 is 11.3 Å². The molecule has 0 saturated carbocycles. The Kier molecular flexibility index (Phi) is 6.04. The third kappa shape index (κ3) is 4.61. The maximum atomic E-state index is 13.0. The molecule has 0 unspecified atom stereocenters. The summed E-state index contributed by atoms with van der Waals surface area (Å²) in [5.41, 5.74) is 1.78. The van der Waals surface area contributed by atoms with E-state index in [0.717, 1.165) is 47.4 Å². The molecule has 0 spiro atoms. The molecule has 8 heteroatoms. The van der Waals surface area contributed by atoms with Crippen LogP contribution in [-0.2, 0) is 13.2 Å². The number of ether oxygens (including phenoxy) is 1. The molecule has 0 bridgehead atoms. The maximum Gasteiger partial charge on any atom is 0.290 e. The fraction of sp³-hybridized carbons (Fsp3) is 0.250. The van der Waals surface area contributed by atoms with Crippen LogP contribution in [0.5, 0.6) is 5.75 Å². The molecule has 1 aliphatic heterocycles. The van der Waals surface area contributed by atoms with Crippen LogP contribution in [0.25, 0.3) is 10.8 Å². The zero-order valence-corrected chi connectivity index (χ0v) is 18.3. The Morgan fingerprint density at radius 2 is 1.84 bits per heavy atom. The zero-order valence-electron chi connectivity index (χ0n) is 17.5. The van der Waals surface area contributed by atoms with E-state index in [4.69, 9.17) is 13.6 Å².